The van der Waals surface area contributed by atoms with Gasteiger partial charge in [0.15, 0.2) is 0 Å². The maximum absolute atomic E-state index is 12.9. The summed E-state index contributed by atoms with van der Waals surface area (Å²) in [5.74, 6) is -0.962. The molecule has 0 unspecified atom stereocenters. The maximum Gasteiger partial charge on any atom is 0.416 e. The number of rotatable bonds is 3. The highest BCUT2D eigenvalue weighted by Crippen LogP contribution is 2.33. The van der Waals surface area contributed by atoms with Crippen LogP contribution in [0.25, 0.3) is 0 Å². The van der Waals surface area contributed by atoms with E-state index in [1.54, 1.807) is 4.90 Å². The van der Waals surface area contributed by atoms with Crippen LogP contribution in [0.2, 0.25) is 0 Å². The predicted molar refractivity (Wildman–Crippen MR) is 82.3 cm³/mol. The van der Waals surface area contributed by atoms with Gasteiger partial charge in [0.1, 0.15) is 6.04 Å². The fourth-order valence-corrected chi connectivity index (χ4v) is 3.04. The summed E-state index contributed by atoms with van der Waals surface area (Å²) in [5, 5.41) is 9.47. The van der Waals surface area contributed by atoms with Crippen LogP contribution >= 0.6 is 0 Å². The van der Waals surface area contributed by atoms with E-state index in [4.69, 9.17) is 0 Å². The maximum atomic E-state index is 12.9. The van der Waals surface area contributed by atoms with Gasteiger partial charge in [0.05, 0.1) is 5.56 Å². The Morgan fingerprint density at radius 1 is 1.12 bits per heavy atom. The third-order valence-electron chi connectivity index (χ3n) is 4.27. The van der Waals surface area contributed by atoms with Crippen LogP contribution < -0.4 is 0 Å². The molecule has 0 bridgehead atoms. The Balaban J connectivity index is 1.91. The van der Waals surface area contributed by atoms with Gasteiger partial charge in [-0.05, 0) is 35.2 Å². The number of hydrogen-bond acceptors (Lipinski definition) is 2. The summed E-state index contributed by atoms with van der Waals surface area (Å²) in [6.07, 6.45) is -4.20. The SMILES string of the molecule is O=C(O)[C@@H]1Cc2ccc(C(F)(F)F)cc2CN1Cc1ccccc1. The molecule has 0 saturated carbocycles. The summed E-state index contributed by atoms with van der Waals surface area (Å²) < 4.78 is 38.7. The number of hydrogen-bond donors (Lipinski definition) is 1. The number of carboxylic acid groups (broad SMARTS) is 1. The molecule has 2 aromatic rings. The topological polar surface area (TPSA) is 40.5 Å². The molecule has 1 atom stereocenters. The highest BCUT2D eigenvalue weighted by Gasteiger charge is 2.35. The van der Waals surface area contributed by atoms with Crippen molar-refractivity contribution in [1.29, 1.82) is 0 Å². The first-order chi connectivity index (χ1) is 11.3. The molecule has 1 heterocycles. The fraction of sp³-hybridized carbons (Fsp3) is 0.278. The average Bonchev–Trinajstić information content (AvgIpc) is 2.53. The summed E-state index contributed by atoms with van der Waals surface area (Å²) in [5.41, 5.74) is 1.44. The molecule has 3 nitrogen and oxygen atoms in total. The van der Waals surface area contributed by atoms with Gasteiger partial charge in [0.2, 0.25) is 0 Å². The fourth-order valence-electron chi connectivity index (χ4n) is 3.04. The standard InChI is InChI=1S/C18H16F3NO2/c19-18(20,21)15-7-6-13-9-16(17(23)24)22(11-14(13)8-15)10-12-4-2-1-3-5-12/h1-8,16H,9-11H2,(H,23,24)/t16-/m0/s1. The molecule has 2 aromatic carbocycles. The number of alkyl halides is 3. The van der Waals surface area contributed by atoms with Crippen LogP contribution in [0, 0.1) is 0 Å². The zero-order valence-corrected chi connectivity index (χ0v) is 12.8. The number of fused-ring (bicyclic) bond motifs is 1. The largest absolute Gasteiger partial charge is 0.480 e. The molecule has 0 amide bonds. The van der Waals surface area contributed by atoms with E-state index in [9.17, 15) is 23.1 Å². The summed E-state index contributed by atoms with van der Waals surface area (Å²) >= 11 is 0. The van der Waals surface area contributed by atoms with Crippen molar-refractivity contribution in [2.75, 3.05) is 0 Å². The molecule has 0 saturated heterocycles. The summed E-state index contributed by atoms with van der Waals surface area (Å²) in [6, 6.07) is 12.1. The van der Waals surface area contributed by atoms with Crippen LogP contribution in [-0.4, -0.2) is 22.0 Å². The van der Waals surface area contributed by atoms with Gasteiger partial charge in [-0.25, -0.2) is 0 Å². The molecule has 1 N–H and O–H groups in total. The average molecular weight is 335 g/mol. The normalized spacial score (nSPS) is 18.2. The first kappa shape index (κ1) is 16.5. The third kappa shape index (κ3) is 3.43. The quantitative estimate of drug-likeness (QED) is 0.929. The Morgan fingerprint density at radius 2 is 1.83 bits per heavy atom. The molecule has 1 aliphatic rings. The van der Waals surface area contributed by atoms with E-state index >= 15 is 0 Å². The smallest absolute Gasteiger partial charge is 0.416 e. The molecular weight excluding hydrogens is 319 g/mol. The van der Waals surface area contributed by atoms with Crippen molar-refractivity contribution in [3.8, 4) is 0 Å². The van der Waals surface area contributed by atoms with Crippen LogP contribution in [0.1, 0.15) is 22.3 Å². The van der Waals surface area contributed by atoms with Crippen LogP contribution in [0.5, 0.6) is 0 Å². The summed E-state index contributed by atoms with van der Waals surface area (Å²) in [6.45, 7) is 0.568. The van der Waals surface area contributed by atoms with Crippen molar-refractivity contribution in [3.05, 3.63) is 70.8 Å². The molecule has 1 aliphatic heterocycles. The molecule has 126 valence electrons. The van der Waals surface area contributed by atoms with E-state index in [1.165, 1.54) is 6.07 Å². The molecule has 0 spiro atoms. The minimum atomic E-state index is -4.40. The van der Waals surface area contributed by atoms with Crippen molar-refractivity contribution in [3.63, 3.8) is 0 Å². The Hall–Kier alpha value is -2.34. The van der Waals surface area contributed by atoms with Gasteiger partial charge in [-0.15, -0.1) is 0 Å². The number of carboxylic acids is 1. The van der Waals surface area contributed by atoms with Crippen LogP contribution in [0.4, 0.5) is 13.2 Å². The van der Waals surface area contributed by atoms with Crippen molar-refractivity contribution in [1.82, 2.24) is 4.90 Å². The molecule has 0 aromatic heterocycles. The molecule has 24 heavy (non-hydrogen) atoms. The minimum absolute atomic E-state index is 0.186. The number of carbonyl (C=O) groups is 1. The molecule has 3 rings (SSSR count). The van der Waals surface area contributed by atoms with Gasteiger partial charge in [-0.3, -0.25) is 9.69 Å². The second-order valence-electron chi connectivity index (χ2n) is 5.93. The lowest BCUT2D eigenvalue weighted by Gasteiger charge is -2.34. The Morgan fingerprint density at radius 3 is 2.46 bits per heavy atom. The number of nitrogens with zero attached hydrogens (tertiary/aromatic N) is 1. The van der Waals surface area contributed by atoms with E-state index in [0.717, 1.165) is 17.7 Å². The molecule has 0 fully saturated rings. The van der Waals surface area contributed by atoms with Crippen LogP contribution in [0.15, 0.2) is 48.5 Å². The molecule has 0 aliphatic carbocycles. The number of aliphatic carboxylic acids is 1. The van der Waals surface area contributed by atoms with E-state index in [1.807, 2.05) is 30.3 Å². The second kappa shape index (κ2) is 6.28. The Kier molecular flexibility index (Phi) is 4.32. The second-order valence-corrected chi connectivity index (χ2v) is 5.93. The lowest BCUT2D eigenvalue weighted by atomic mass is 9.92. The van der Waals surface area contributed by atoms with Gasteiger partial charge in [0, 0.05) is 13.1 Å². The van der Waals surface area contributed by atoms with E-state index in [2.05, 4.69) is 0 Å². The molecular formula is C18H16F3NO2. The first-order valence-corrected chi connectivity index (χ1v) is 7.54. The number of halogens is 3. The monoisotopic (exact) mass is 335 g/mol. The first-order valence-electron chi connectivity index (χ1n) is 7.54. The van der Waals surface area contributed by atoms with Crippen molar-refractivity contribution >= 4 is 5.97 Å². The Labute approximate surface area is 137 Å². The predicted octanol–water partition coefficient (Wildman–Crippen LogP) is 3.72. The van der Waals surface area contributed by atoms with Gasteiger partial charge in [-0.1, -0.05) is 36.4 Å². The van der Waals surface area contributed by atoms with Gasteiger partial charge < -0.3 is 5.11 Å². The van der Waals surface area contributed by atoms with E-state index in [0.29, 0.717) is 17.7 Å². The summed E-state index contributed by atoms with van der Waals surface area (Å²) in [7, 11) is 0. The highest BCUT2D eigenvalue weighted by atomic mass is 19.4. The van der Waals surface area contributed by atoms with Crippen LogP contribution in [-0.2, 0) is 30.5 Å². The highest BCUT2D eigenvalue weighted by molar-refractivity contribution is 5.74. The lowest BCUT2D eigenvalue weighted by molar-refractivity contribution is -0.144. The van der Waals surface area contributed by atoms with Crippen LogP contribution in [0.3, 0.4) is 0 Å². The van der Waals surface area contributed by atoms with Crippen molar-refractivity contribution in [2.24, 2.45) is 0 Å². The van der Waals surface area contributed by atoms with Crippen molar-refractivity contribution < 1.29 is 23.1 Å². The van der Waals surface area contributed by atoms with Crippen molar-refractivity contribution in [2.45, 2.75) is 31.7 Å². The van der Waals surface area contributed by atoms with Gasteiger partial charge in [0.25, 0.3) is 0 Å². The van der Waals surface area contributed by atoms with Gasteiger partial charge >= 0.3 is 12.1 Å². The lowest BCUT2D eigenvalue weighted by Crippen LogP contribution is -2.45. The zero-order valence-electron chi connectivity index (χ0n) is 12.8. The number of benzene rings is 2. The summed E-state index contributed by atoms with van der Waals surface area (Å²) in [4.78, 5) is 13.3. The van der Waals surface area contributed by atoms with E-state index < -0.39 is 23.8 Å². The molecule has 6 heteroatoms. The minimum Gasteiger partial charge on any atom is -0.480 e. The zero-order chi connectivity index (χ0) is 17.3. The third-order valence-corrected chi connectivity index (χ3v) is 4.27. The molecule has 0 radical (unpaired) electrons. The van der Waals surface area contributed by atoms with Gasteiger partial charge in [-0.2, -0.15) is 13.2 Å². The Bertz CT molecular complexity index is 744. The van der Waals surface area contributed by atoms with E-state index in [-0.39, 0.29) is 13.0 Å².